The Labute approximate surface area is 147 Å². The average molecular weight is 329 g/mol. The molecule has 1 aliphatic rings. The smallest absolute Gasteiger partial charge is 0.262 e. The van der Waals surface area contributed by atoms with Crippen LogP contribution in [0.15, 0.2) is 73.1 Å². The van der Waals surface area contributed by atoms with Gasteiger partial charge in [-0.15, -0.1) is 0 Å². The van der Waals surface area contributed by atoms with Crippen LogP contribution in [0.2, 0.25) is 0 Å². The second-order valence-corrected chi connectivity index (χ2v) is 6.07. The lowest BCUT2D eigenvalue weighted by atomic mass is 10.0. The molecule has 0 spiro atoms. The maximum absolute atomic E-state index is 13.2. The zero-order chi connectivity index (χ0) is 17.2. The van der Waals surface area contributed by atoms with Gasteiger partial charge in [-0.05, 0) is 53.9 Å². The number of hydrogen-bond acceptors (Lipinski definition) is 3. The number of anilines is 2. The number of aromatic nitrogens is 1. The molecule has 25 heavy (non-hydrogen) atoms. The molecule has 4 nitrogen and oxygen atoms in total. The summed E-state index contributed by atoms with van der Waals surface area (Å²) in [5.41, 5.74) is 4.67. The van der Waals surface area contributed by atoms with Crippen molar-refractivity contribution in [3.63, 3.8) is 0 Å². The first-order chi connectivity index (χ1) is 12.3. The fraction of sp³-hybridized carbons (Fsp3) is 0.143. The van der Waals surface area contributed by atoms with Crippen molar-refractivity contribution in [2.45, 2.75) is 19.5 Å². The van der Waals surface area contributed by atoms with Crippen LogP contribution in [0, 0.1) is 0 Å². The molecule has 4 rings (SSSR count). The molecule has 0 bridgehead atoms. The van der Waals surface area contributed by atoms with Gasteiger partial charge in [0.1, 0.15) is 6.17 Å². The van der Waals surface area contributed by atoms with Crippen LogP contribution in [0.4, 0.5) is 11.4 Å². The van der Waals surface area contributed by atoms with Gasteiger partial charge in [0.2, 0.25) is 0 Å². The lowest BCUT2D eigenvalue weighted by Gasteiger charge is -2.38. The van der Waals surface area contributed by atoms with Gasteiger partial charge < -0.3 is 5.32 Å². The van der Waals surface area contributed by atoms with E-state index in [1.165, 1.54) is 5.56 Å². The number of nitrogens with zero attached hydrogens (tertiary/aromatic N) is 2. The van der Waals surface area contributed by atoms with E-state index in [0.29, 0.717) is 5.56 Å². The molecule has 0 aliphatic carbocycles. The van der Waals surface area contributed by atoms with Gasteiger partial charge in [0.15, 0.2) is 0 Å². The van der Waals surface area contributed by atoms with Crippen LogP contribution in [-0.4, -0.2) is 10.9 Å². The molecule has 124 valence electrons. The van der Waals surface area contributed by atoms with Crippen LogP contribution >= 0.6 is 0 Å². The monoisotopic (exact) mass is 329 g/mol. The summed E-state index contributed by atoms with van der Waals surface area (Å²) in [5, 5.41) is 3.50. The zero-order valence-corrected chi connectivity index (χ0v) is 14.0. The minimum absolute atomic E-state index is 0.000380. The van der Waals surface area contributed by atoms with Gasteiger partial charge in [-0.2, -0.15) is 0 Å². The summed E-state index contributed by atoms with van der Waals surface area (Å²) in [6.45, 7) is 2.12. The van der Waals surface area contributed by atoms with E-state index in [-0.39, 0.29) is 12.1 Å². The van der Waals surface area contributed by atoms with Crippen molar-refractivity contribution < 1.29 is 4.79 Å². The normalized spacial score (nSPS) is 16.3. The number of carbonyl (C=O) groups is 1. The summed E-state index contributed by atoms with van der Waals surface area (Å²) in [7, 11) is 0. The molecular weight excluding hydrogens is 310 g/mol. The highest BCUT2D eigenvalue weighted by molar-refractivity contribution is 6.12. The van der Waals surface area contributed by atoms with Gasteiger partial charge in [-0.3, -0.25) is 14.7 Å². The Bertz CT molecular complexity index is 891. The molecule has 2 aromatic carbocycles. The highest BCUT2D eigenvalue weighted by atomic mass is 16.2. The number of aryl methyl sites for hydroxylation is 1. The minimum atomic E-state index is -0.266. The van der Waals surface area contributed by atoms with Gasteiger partial charge >= 0.3 is 0 Å². The molecule has 0 saturated carbocycles. The van der Waals surface area contributed by atoms with Gasteiger partial charge in [-0.25, -0.2) is 0 Å². The molecule has 2 heterocycles. The van der Waals surface area contributed by atoms with Crippen molar-refractivity contribution in [3.8, 4) is 0 Å². The van der Waals surface area contributed by atoms with Gasteiger partial charge in [0.05, 0.1) is 5.56 Å². The van der Waals surface area contributed by atoms with E-state index in [9.17, 15) is 4.79 Å². The lowest BCUT2D eigenvalue weighted by molar-refractivity contribution is 0.0975. The molecule has 1 N–H and O–H groups in total. The van der Waals surface area contributed by atoms with E-state index < -0.39 is 0 Å². The van der Waals surface area contributed by atoms with Gasteiger partial charge in [-0.1, -0.05) is 31.2 Å². The Morgan fingerprint density at radius 2 is 1.72 bits per heavy atom. The summed E-state index contributed by atoms with van der Waals surface area (Å²) >= 11 is 0. The highest BCUT2D eigenvalue weighted by Crippen LogP contribution is 2.36. The Morgan fingerprint density at radius 1 is 1.00 bits per heavy atom. The van der Waals surface area contributed by atoms with Crippen molar-refractivity contribution in [2.24, 2.45) is 0 Å². The maximum atomic E-state index is 13.2. The van der Waals surface area contributed by atoms with E-state index in [4.69, 9.17) is 0 Å². The standard InChI is InChI=1S/C21H19N3O/c1-2-15-7-9-17(10-8-15)24-20(16-11-13-22-14-12-16)23-19-6-4-3-5-18(19)21(24)25/h3-14,20,23H,2H2,1H3/t20-/m1/s1. The second-order valence-electron chi connectivity index (χ2n) is 6.07. The van der Waals surface area contributed by atoms with Crippen LogP contribution in [0.25, 0.3) is 0 Å². The lowest BCUT2D eigenvalue weighted by Crippen LogP contribution is -2.43. The van der Waals surface area contributed by atoms with E-state index in [1.807, 2.05) is 53.4 Å². The number of fused-ring (bicyclic) bond motifs is 1. The molecule has 0 saturated heterocycles. The summed E-state index contributed by atoms with van der Waals surface area (Å²) in [5.74, 6) is 0.000380. The molecule has 3 aromatic rings. The van der Waals surface area contributed by atoms with Crippen molar-refractivity contribution in [2.75, 3.05) is 10.2 Å². The minimum Gasteiger partial charge on any atom is -0.360 e. The Hall–Kier alpha value is -3.14. The number of nitrogens with one attached hydrogen (secondary N) is 1. The molecular formula is C21H19N3O. The first kappa shape index (κ1) is 15.4. The largest absolute Gasteiger partial charge is 0.360 e. The van der Waals surface area contributed by atoms with Crippen molar-refractivity contribution >= 4 is 17.3 Å². The molecule has 0 fully saturated rings. The van der Waals surface area contributed by atoms with E-state index in [2.05, 4.69) is 29.4 Å². The molecule has 0 radical (unpaired) electrons. The van der Waals surface area contributed by atoms with Gasteiger partial charge in [0.25, 0.3) is 5.91 Å². The second kappa shape index (κ2) is 6.40. The van der Waals surface area contributed by atoms with Crippen molar-refractivity contribution in [1.29, 1.82) is 0 Å². The third kappa shape index (κ3) is 2.76. The third-order valence-electron chi connectivity index (χ3n) is 4.57. The predicted octanol–water partition coefficient (Wildman–Crippen LogP) is 4.42. The summed E-state index contributed by atoms with van der Waals surface area (Å²) < 4.78 is 0. The first-order valence-electron chi connectivity index (χ1n) is 8.46. The maximum Gasteiger partial charge on any atom is 0.262 e. The highest BCUT2D eigenvalue weighted by Gasteiger charge is 2.33. The molecule has 1 aromatic heterocycles. The van der Waals surface area contributed by atoms with Crippen LogP contribution in [0.5, 0.6) is 0 Å². The number of pyridine rings is 1. The number of amides is 1. The fourth-order valence-corrected chi connectivity index (χ4v) is 3.19. The van der Waals surface area contributed by atoms with Crippen LogP contribution in [-0.2, 0) is 6.42 Å². The van der Waals surface area contributed by atoms with E-state index in [0.717, 1.165) is 23.4 Å². The SMILES string of the molecule is CCc1ccc(N2C(=O)c3ccccc3N[C@H]2c2ccncc2)cc1. The number of carbonyl (C=O) groups excluding carboxylic acids is 1. The molecule has 0 unspecified atom stereocenters. The Kier molecular flexibility index (Phi) is 3.94. The average Bonchev–Trinajstić information content (AvgIpc) is 2.69. The topological polar surface area (TPSA) is 45.2 Å². The molecule has 1 amide bonds. The van der Waals surface area contributed by atoms with Crippen LogP contribution in [0.1, 0.15) is 34.6 Å². The van der Waals surface area contributed by atoms with Crippen LogP contribution in [0.3, 0.4) is 0 Å². The fourth-order valence-electron chi connectivity index (χ4n) is 3.19. The number of rotatable bonds is 3. The third-order valence-corrected chi connectivity index (χ3v) is 4.57. The zero-order valence-electron chi connectivity index (χ0n) is 14.0. The Morgan fingerprint density at radius 3 is 2.44 bits per heavy atom. The summed E-state index contributed by atoms with van der Waals surface area (Å²) in [4.78, 5) is 19.1. The van der Waals surface area contributed by atoms with E-state index in [1.54, 1.807) is 12.4 Å². The van der Waals surface area contributed by atoms with Crippen molar-refractivity contribution in [3.05, 3.63) is 89.7 Å². The summed E-state index contributed by atoms with van der Waals surface area (Å²) in [6, 6.07) is 19.7. The molecule has 1 atom stereocenters. The van der Waals surface area contributed by atoms with Crippen LogP contribution < -0.4 is 10.2 Å². The quantitative estimate of drug-likeness (QED) is 0.774. The molecule has 1 aliphatic heterocycles. The van der Waals surface area contributed by atoms with E-state index >= 15 is 0 Å². The number of hydrogen-bond donors (Lipinski definition) is 1. The van der Waals surface area contributed by atoms with Crippen molar-refractivity contribution in [1.82, 2.24) is 4.98 Å². The number of para-hydroxylation sites is 1. The molecule has 4 heteroatoms. The Balaban J connectivity index is 1.83. The number of benzene rings is 2. The summed E-state index contributed by atoms with van der Waals surface area (Å²) in [6.07, 6.45) is 4.21. The van der Waals surface area contributed by atoms with Gasteiger partial charge in [0, 0.05) is 23.8 Å². The first-order valence-corrected chi connectivity index (χ1v) is 8.46. The predicted molar refractivity (Wildman–Crippen MR) is 99.7 cm³/mol.